The molecule has 2 rings (SSSR count). The molecule has 1 atom stereocenters. The van der Waals surface area contributed by atoms with Crippen molar-refractivity contribution >= 4 is 16.2 Å². The molecule has 7 nitrogen and oxygen atoms in total. The number of rotatable bonds is 5. The van der Waals surface area contributed by atoms with Crippen molar-refractivity contribution in [2.75, 3.05) is 13.7 Å². The van der Waals surface area contributed by atoms with Gasteiger partial charge in [0.05, 0.1) is 13.7 Å². The Morgan fingerprint density at radius 3 is 2.62 bits per heavy atom. The standard InChI is InChI=1S/C17H24FNO6S/c1-16(2,3)25-15(20)19-10-17(4)8-11-6-13(18)7-12(14(11)24-17)9-26(21,22)23-5/h6-7H,8-10H2,1-5H3,(H,19,20). The number of hydrogen-bond donors (Lipinski definition) is 1. The molecule has 1 aliphatic rings. The third-order valence-electron chi connectivity index (χ3n) is 3.71. The highest BCUT2D eigenvalue weighted by Gasteiger charge is 2.38. The Labute approximate surface area is 152 Å². The van der Waals surface area contributed by atoms with Gasteiger partial charge in [0, 0.05) is 17.5 Å². The molecule has 0 saturated heterocycles. The van der Waals surface area contributed by atoms with Gasteiger partial charge in [0.15, 0.2) is 0 Å². The molecule has 1 amide bonds. The predicted octanol–water partition coefficient (Wildman–Crippen LogP) is 2.52. The van der Waals surface area contributed by atoms with Crippen LogP contribution in [0, 0.1) is 5.82 Å². The van der Waals surface area contributed by atoms with Crippen molar-refractivity contribution in [2.45, 2.75) is 51.1 Å². The predicted molar refractivity (Wildman–Crippen MR) is 93.0 cm³/mol. The molecule has 0 aromatic heterocycles. The van der Waals surface area contributed by atoms with Crippen molar-refractivity contribution in [2.24, 2.45) is 0 Å². The zero-order chi connectivity index (χ0) is 19.8. The Morgan fingerprint density at radius 2 is 2.04 bits per heavy atom. The number of alkyl carbamates (subject to hydrolysis) is 1. The maximum Gasteiger partial charge on any atom is 0.407 e. The Bertz CT molecular complexity index is 802. The van der Waals surface area contributed by atoms with E-state index in [2.05, 4.69) is 9.50 Å². The smallest absolute Gasteiger partial charge is 0.407 e. The van der Waals surface area contributed by atoms with Crippen LogP contribution in [-0.2, 0) is 31.2 Å². The molecule has 0 fully saturated rings. The monoisotopic (exact) mass is 389 g/mol. The summed E-state index contributed by atoms with van der Waals surface area (Å²) in [5.41, 5.74) is -0.754. The lowest BCUT2D eigenvalue weighted by molar-refractivity contribution is 0.0448. The van der Waals surface area contributed by atoms with Crippen molar-refractivity contribution in [3.05, 3.63) is 29.1 Å². The third-order valence-corrected chi connectivity index (χ3v) is 4.88. The first-order valence-corrected chi connectivity index (χ1v) is 9.66. The lowest BCUT2D eigenvalue weighted by Gasteiger charge is -2.26. The first-order chi connectivity index (χ1) is 11.8. The number of nitrogens with one attached hydrogen (secondary N) is 1. The summed E-state index contributed by atoms with van der Waals surface area (Å²) < 4.78 is 52.8. The van der Waals surface area contributed by atoms with Gasteiger partial charge in [-0.3, -0.25) is 4.18 Å². The fourth-order valence-corrected chi connectivity index (χ4v) is 3.40. The minimum Gasteiger partial charge on any atom is -0.485 e. The van der Waals surface area contributed by atoms with Crippen LogP contribution in [0.2, 0.25) is 0 Å². The van der Waals surface area contributed by atoms with Crippen molar-refractivity contribution < 1.29 is 31.3 Å². The first kappa shape index (κ1) is 20.4. The van der Waals surface area contributed by atoms with E-state index in [1.807, 2.05) is 0 Å². The Morgan fingerprint density at radius 1 is 1.38 bits per heavy atom. The van der Waals surface area contributed by atoms with Crippen molar-refractivity contribution in [1.29, 1.82) is 0 Å². The van der Waals surface area contributed by atoms with Gasteiger partial charge in [0.25, 0.3) is 10.1 Å². The minimum absolute atomic E-state index is 0.120. The molecule has 0 aliphatic carbocycles. The van der Waals surface area contributed by atoms with Crippen LogP contribution in [0.4, 0.5) is 9.18 Å². The van der Waals surface area contributed by atoms with Gasteiger partial charge in [-0.15, -0.1) is 0 Å². The number of carbonyl (C=O) groups is 1. The van der Waals surface area contributed by atoms with Crippen LogP contribution >= 0.6 is 0 Å². The topological polar surface area (TPSA) is 90.9 Å². The highest BCUT2D eigenvalue weighted by atomic mass is 32.2. The molecular weight excluding hydrogens is 365 g/mol. The van der Waals surface area contributed by atoms with Crippen LogP contribution in [0.1, 0.15) is 38.8 Å². The summed E-state index contributed by atoms with van der Waals surface area (Å²) in [6, 6.07) is 2.42. The summed E-state index contributed by atoms with van der Waals surface area (Å²) in [5, 5.41) is 2.63. The van der Waals surface area contributed by atoms with E-state index in [4.69, 9.17) is 9.47 Å². The largest absolute Gasteiger partial charge is 0.485 e. The molecule has 1 unspecified atom stereocenters. The molecule has 0 saturated carbocycles. The van der Waals surface area contributed by atoms with Crippen molar-refractivity contribution in [3.63, 3.8) is 0 Å². The summed E-state index contributed by atoms with van der Waals surface area (Å²) >= 11 is 0. The van der Waals surface area contributed by atoms with Crippen molar-refractivity contribution in [1.82, 2.24) is 5.32 Å². The molecule has 1 aliphatic heterocycles. The van der Waals surface area contributed by atoms with Gasteiger partial charge < -0.3 is 14.8 Å². The van der Waals surface area contributed by atoms with Crippen molar-refractivity contribution in [3.8, 4) is 5.75 Å². The first-order valence-electron chi connectivity index (χ1n) is 8.08. The van der Waals surface area contributed by atoms with E-state index in [9.17, 15) is 17.6 Å². The number of amides is 1. The van der Waals surface area contributed by atoms with Gasteiger partial charge >= 0.3 is 6.09 Å². The fourth-order valence-electron chi connectivity index (χ4n) is 2.69. The fraction of sp³-hybridized carbons (Fsp3) is 0.588. The van der Waals surface area contributed by atoms with Gasteiger partial charge in [0.1, 0.15) is 28.5 Å². The van der Waals surface area contributed by atoms with Crippen LogP contribution < -0.4 is 10.1 Å². The van der Waals surface area contributed by atoms with E-state index < -0.39 is 39.0 Å². The lowest BCUT2D eigenvalue weighted by atomic mass is 9.98. The second-order valence-corrected chi connectivity index (χ2v) is 9.24. The summed E-state index contributed by atoms with van der Waals surface area (Å²) in [4.78, 5) is 11.8. The molecule has 9 heteroatoms. The summed E-state index contributed by atoms with van der Waals surface area (Å²) in [6.07, 6.45) is -0.276. The number of ether oxygens (including phenoxy) is 2. The minimum atomic E-state index is -3.83. The maximum atomic E-state index is 13.9. The van der Waals surface area contributed by atoms with Crippen LogP contribution in [-0.4, -0.2) is 39.4 Å². The number of fused-ring (bicyclic) bond motifs is 1. The Hall–Kier alpha value is -1.87. The van der Waals surface area contributed by atoms with Gasteiger partial charge in [-0.25, -0.2) is 9.18 Å². The average molecular weight is 389 g/mol. The zero-order valence-electron chi connectivity index (χ0n) is 15.5. The van der Waals surface area contributed by atoms with Gasteiger partial charge in [-0.05, 0) is 39.8 Å². The Balaban J connectivity index is 2.15. The van der Waals surface area contributed by atoms with Gasteiger partial charge in [-0.1, -0.05) is 0 Å². The molecule has 1 aromatic carbocycles. The van der Waals surface area contributed by atoms with Crippen LogP contribution in [0.5, 0.6) is 5.75 Å². The quantitative estimate of drug-likeness (QED) is 0.778. The Kier molecular flexibility index (Phi) is 5.53. The molecular formula is C17H24FNO6S. The van der Waals surface area contributed by atoms with Gasteiger partial charge in [0.2, 0.25) is 0 Å². The number of benzene rings is 1. The number of hydrogen-bond acceptors (Lipinski definition) is 6. The second kappa shape index (κ2) is 7.03. The van der Waals surface area contributed by atoms with E-state index in [0.29, 0.717) is 17.7 Å². The molecule has 0 radical (unpaired) electrons. The number of halogens is 1. The SMILES string of the molecule is COS(=O)(=O)Cc1cc(F)cc2c1OC(C)(CNC(=O)OC(C)(C)C)C2. The summed E-state index contributed by atoms with van der Waals surface area (Å²) in [7, 11) is -2.78. The zero-order valence-corrected chi connectivity index (χ0v) is 16.3. The molecule has 0 spiro atoms. The molecule has 1 aromatic rings. The second-order valence-electron chi connectivity index (χ2n) is 7.51. The number of carbonyl (C=O) groups excluding carboxylic acids is 1. The van der Waals surface area contributed by atoms with E-state index in [1.54, 1.807) is 27.7 Å². The van der Waals surface area contributed by atoms with Crippen LogP contribution in [0.15, 0.2) is 12.1 Å². The lowest BCUT2D eigenvalue weighted by Crippen LogP contribution is -2.45. The molecule has 0 bridgehead atoms. The summed E-state index contributed by atoms with van der Waals surface area (Å²) in [6.45, 7) is 7.12. The molecule has 1 heterocycles. The molecule has 146 valence electrons. The normalized spacial score (nSPS) is 19.6. The highest BCUT2D eigenvalue weighted by molar-refractivity contribution is 7.85. The highest BCUT2D eigenvalue weighted by Crippen LogP contribution is 2.39. The van der Waals surface area contributed by atoms with Gasteiger partial charge in [-0.2, -0.15) is 8.42 Å². The third kappa shape index (κ3) is 5.31. The average Bonchev–Trinajstić information content (AvgIpc) is 2.80. The van der Waals surface area contributed by atoms with E-state index in [-0.39, 0.29) is 12.1 Å². The van der Waals surface area contributed by atoms with Crippen LogP contribution in [0.3, 0.4) is 0 Å². The maximum absolute atomic E-state index is 13.9. The molecule has 1 N–H and O–H groups in total. The van der Waals surface area contributed by atoms with E-state index in [0.717, 1.165) is 13.2 Å². The van der Waals surface area contributed by atoms with Crippen LogP contribution in [0.25, 0.3) is 0 Å². The van der Waals surface area contributed by atoms with E-state index in [1.165, 1.54) is 6.07 Å². The van der Waals surface area contributed by atoms with E-state index >= 15 is 0 Å². The summed E-state index contributed by atoms with van der Waals surface area (Å²) in [5.74, 6) is -0.752. The molecule has 26 heavy (non-hydrogen) atoms.